The van der Waals surface area contributed by atoms with Crippen molar-refractivity contribution < 1.29 is 28.5 Å². The fraction of sp³-hybridized carbons (Fsp3) is 0.846. The van der Waals surface area contributed by atoms with Crippen LogP contribution in [0.4, 0.5) is 0 Å². The van der Waals surface area contributed by atoms with Crippen LogP contribution in [0.15, 0.2) is 12.7 Å². The van der Waals surface area contributed by atoms with E-state index >= 15 is 0 Å². The molecule has 8 heteroatoms. The Morgan fingerprint density at radius 1 is 1.09 bits per heavy atom. The lowest BCUT2D eigenvalue weighted by atomic mass is 9.97. The molecule has 6 atom stereocenters. The summed E-state index contributed by atoms with van der Waals surface area (Å²) in [7, 11) is -1.87. The van der Waals surface area contributed by atoms with Crippen LogP contribution in [-0.2, 0) is 23.4 Å². The summed E-state index contributed by atoms with van der Waals surface area (Å²) in [6.07, 6.45) is 1.67. The van der Waals surface area contributed by atoms with E-state index in [2.05, 4.69) is 71.5 Å². The average Bonchev–Trinajstić information content (AvgIpc) is 3.51. The number of ether oxygens (including phenoxy) is 4. The lowest BCUT2D eigenvalue weighted by molar-refractivity contribution is -0.113. The van der Waals surface area contributed by atoms with Gasteiger partial charge in [-0.05, 0) is 31.0 Å². The molecule has 0 radical (unpaired) electrons. The van der Waals surface area contributed by atoms with Gasteiger partial charge in [-0.15, -0.1) is 12.1 Å². The Kier molecular flexibility index (Phi) is 12.7. The second kappa shape index (κ2) is 13.7. The maximum absolute atomic E-state index is 10.9. The summed E-state index contributed by atoms with van der Waals surface area (Å²) in [5, 5.41) is 11.0. The van der Waals surface area contributed by atoms with Crippen molar-refractivity contribution in [3.05, 3.63) is 12.7 Å². The minimum atomic E-state index is -1.98. The predicted octanol–water partition coefficient (Wildman–Crippen LogP) is 4.99. The van der Waals surface area contributed by atoms with Crippen LogP contribution in [-0.4, -0.2) is 79.1 Å². The van der Waals surface area contributed by atoms with Crippen LogP contribution >= 0.6 is 0 Å². The van der Waals surface area contributed by atoms with Crippen molar-refractivity contribution >= 4 is 16.4 Å². The van der Waals surface area contributed by atoms with Gasteiger partial charge >= 0.3 is 0 Å². The topological polar surface area (TPSA) is 69.7 Å². The van der Waals surface area contributed by atoms with E-state index in [4.69, 9.17) is 23.4 Å². The minimum Gasteiger partial charge on any atom is -0.403 e. The molecule has 1 aliphatic heterocycles. The van der Waals surface area contributed by atoms with Gasteiger partial charge < -0.3 is 28.5 Å². The number of hydrogen-bond donors (Lipinski definition) is 1. The lowest BCUT2D eigenvalue weighted by Crippen LogP contribution is -2.44. The summed E-state index contributed by atoms with van der Waals surface area (Å²) < 4.78 is 28.9. The van der Waals surface area contributed by atoms with Gasteiger partial charge in [0.2, 0.25) is 0 Å². The first kappa shape index (κ1) is 31.5. The summed E-state index contributed by atoms with van der Waals surface area (Å²) in [6.45, 7) is 25.0. The quantitative estimate of drug-likeness (QED) is 0.0829. The smallest absolute Gasteiger partial charge is 0.193 e. The third-order valence-corrected chi connectivity index (χ3v) is 11.9. The summed E-state index contributed by atoms with van der Waals surface area (Å²) in [5.41, 5.74) is 3.47. The summed E-state index contributed by atoms with van der Waals surface area (Å²) in [6, 6.07) is 0. The third-order valence-electron chi connectivity index (χ3n) is 6.51. The van der Waals surface area contributed by atoms with Gasteiger partial charge in [0.15, 0.2) is 8.32 Å². The largest absolute Gasteiger partial charge is 0.403 e. The van der Waals surface area contributed by atoms with Crippen LogP contribution < -0.4 is 0 Å². The fourth-order valence-corrected chi connectivity index (χ4v) is 5.03. The van der Waals surface area contributed by atoms with Crippen LogP contribution in [0, 0.1) is 17.4 Å². The highest BCUT2D eigenvalue weighted by atomic mass is 28.4. The van der Waals surface area contributed by atoms with Gasteiger partial charge in [0.1, 0.15) is 33.2 Å². The van der Waals surface area contributed by atoms with Gasteiger partial charge in [-0.25, -0.2) is 0 Å². The van der Waals surface area contributed by atoms with Crippen molar-refractivity contribution in [3.63, 3.8) is 0 Å². The summed E-state index contributed by atoms with van der Waals surface area (Å²) in [4.78, 5) is 0. The third kappa shape index (κ3) is 11.0. The van der Waals surface area contributed by atoms with Gasteiger partial charge in [-0.1, -0.05) is 59.3 Å². The first-order valence-electron chi connectivity index (χ1n) is 12.5. The van der Waals surface area contributed by atoms with Gasteiger partial charge in [-0.3, -0.25) is 0 Å². The molecule has 1 saturated heterocycles. The Balaban J connectivity index is 2.74. The monoisotopic (exact) mass is 514 g/mol. The van der Waals surface area contributed by atoms with E-state index in [0.29, 0.717) is 26.1 Å². The Morgan fingerprint density at radius 3 is 2.26 bits per heavy atom. The summed E-state index contributed by atoms with van der Waals surface area (Å²) >= 11 is 0. The van der Waals surface area contributed by atoms with Gasteiger partial charge in [0.25, 0.3) is 0 Å². The number of aliphatic hydroxyl groups is 1. The minimum absolute atomic E-state index is 0.0745. The molecular weight excluding hydrogens is 464 g/mol. The van der Waals surface area contributed by atoms with Gasteiger partial charge in [0.05, 0.1) is 25.4 Å². The van der Waals surface area contributed by atoms with Crippen LogP contribution in [0.1, 0.15) is 40.5 Å². The molecule has 6 nitrogen and oxygen atoms in total. The highest BCUT2D eigenvalue weighted by Gasteiger charge is 2.51. The van der Waals surface area contributed by atoms with Gasteiger partial charge in [-0.2, -0.15) is 0 Å². The Labute approximate surface area is 210 Å². The van der Waals surface area contributed by atoms with E-state index in [-0.39, 0.29) is 42.2 Å². The normalized spacial score (nSPS) is 22.3. The van der Waals surface area contributed by atoms with E-state index in [1.54, 1.807) is 7.11 Å². The number of aliphatic hydroxyl groups excluding tert-OH is 1. The molecule has 1 heterocycles. The van der Waals surface area contributed by atoms with E-state index in [1.807, 2.05) is 13.0 Å². The van der Waals surface area contributed by atoms with Crippen molar-refractivity contribution in [1.82, 2.24) is 0 Å². The van der Waals surface area contributed by atoms with Gasteiger partial charge in [0, 0.05) is 13.0 Å². The number of epoxide rings is 1. The predicted molar refractivity (Wildman–Crippen MR) is 144 cm³/mol. The second-order valence-corrected chi connectivity index (χ2v) is 21.3. The zero-order valence-corrected chi connectivity index (χ0v) is 25.3. The van der Waals surface area contributed by atoms with E-state index in [0.717, 1.165) is 0 Å². The number of rotatable bonds is 15. The van der Waals surface area contributed by atoms with E-state index in [9.17, 15) is 5.11 Å². The molecule has 0 aromatic carbocycles. The number of hydrogen-bond acceptors (Lipinski definition) is 6. The van der Waals surface area contributed by atoms with Crippen molar-refractivity contribution in [2.45, 2.75) is 109 Å². The van der Waals surface area contributed by atoms with Crippen molar-refractivity contribution in [3.8, 4) is 11.5 Å². The van der Waals surface area contributed by atoms with E-state index < -0.39 is 22.5 Å². The fourth-order valence-electron chi connectivity index (χ4n) is 3.19. The Bertz CT molecular complexity index is 673. The zero-order valence-electron chi connectivity index (χ0n) is 23.3. The molecule has 0 unspecified atom stereocenters. The molecule has 0 aromatic rings. The van der Waals surface area contributed by atoms with Crippen LogP contribution in [0.3, 0.4) is 0 Å². The van der Waals surface area contributed by atoms with Crippen molar-refractivity contribution in [2.24, 2.45) is 5.92 Å². The molecule has 0 spiro atoms. The molecule has 0 saturated carbocycles. The highest BCUT2D eigenvalue weighted by molar-refractivity contribution is 6.83. The first-order valence-corrected chi connectivity index (χ1v) is 18.9. The molecule has 1 rings (SSSR count). The number of methoxy groups -OCH3 is 1. The highest BCUT2D eigenvalue weighted by Crippen LogP contribution is 2.39. The SMILES string of the molecule is C=C[C@@H](C)[C@H](OCOCCOC)[C@@H]1O[C@H]1[C@@H](O)CC[C@H](C#C[Si](C)(C)C)O[Si](C)(C)C(C)(C)C. The first-order chi connectivity index (χ1) is 15.6. The molecule has 1 N–H and O–H groups in total. The van der Waals surface area contributed by atoms with Crippen LogP contribution in [0.5, 0.6) is 0 Å². The zero-order chi connectivity index (χ0) is 26.2. The molecule has 1 fully saturated rings. The second-order valence-electron chi connectivity index (χ2n) is 11.8. The molecule has 0 amide bonds. The van der Waals surface area contributed by atoms with Crippen molar-refractivity contribution in [2.75, 3.05) is 27.1 Å². The van der Waals surface area contributed by atoms with Crippen LogP contribution in [0.2, 0.25) is 37.8 Å². The molecular formula is C26H50O6Si2. The maximum atomic E-state index is 10.9. The standard InChI is InChI=1S/C26H50O6Si2/c1-12-20(2)23(30-19-29-17-16-28-6)25-24(31-25)22(27)14-13-21(15-18-33(7,8)9)32-34(10,11)26(3,4)5/h12,20-25,27H,1,13-14,16-17,19H2,2-11H3/t20-,21-,22+,23+,24+,25+/m1/s1. The molecule has 1 aliphatic rings. The molecule has 0 aromatic heterocycles. The van der Waals surface area contributed by atoms with Crippen molar-refractivity contribution in [1.29, 1.82) is 0 Å². The van der Waals surface area contributed by atoms with Crippen LogP contribution in [0.25, 0.3) is 0 Å². The molecule has 198 valence electrons. The Hall–Kier alpha value is -0.506. The maximum Gasteiger partial charge on any atom is 0.193 e. The molecule has 0 aliphatic carbocycles. The van der Waals surface area contributed by atoms with E-state index in [1.165, 1.54) is 0 Å². The molecule has 0 bridgehead atoms. The summed E-state index contributed by atoms with van der Waals surface area (Å²) in [5.74, 6) is 3.49. The Morgan fingerprint density at radius 2 is 1.74 bits per heavy atom. The average molecular weight is 515 g/mol. The molecule has 34 heavy (non-hydrogen) atoms. The lowest BCUT2D eigenvalue weighted by Gasteiger charge is -2.38.